The molecule has 0 aliphatic heterocycles. The Balaban J connectivity index is 4.19. The van der Waals surface area contributed by atoms with Gasteiger partial charge < -0.3 is 14.2 Å². The highest BCUT2D eigenvalue weighted by molar-refractivity contribution is 5.71. The van der Waals surface area contributed by atoms with Gasteiger partial charge in [-0.2, -0.15) is 0 Å². The number of hydrogen-bond acceptors (Lipinski definition) is 6. The molecule has 0 aromatic carbocycles. The maximum Gasteiger partial charge on any atom is 0.306 e. The van der Waals surface area contributed by atoms with Gasteiger partial charge in [0.15, 0.2) is 6.10 Å². The van der Waals surface area contributed by atoms with Crippen LogP contribution in [0.2, 0.25) is 0 Å². The Morgan fingerprint density at radius 2 is 0.623 bits per heavy atom. The van der Waals surface area contributed by atoms with Gasteiger partial charge in [-0.15, -0.1) is 0 Å². The summed E-state index contributed by atoms with van der Waals surface area (Å²) >= 11 is 0. The lowest BCUT2D eigenvalue weighted by Crippen LogP contribution is -2.30. The van der Waals surface area contributed by atoms with E-state index >= 15 is 0 Å². The summed E-state index contributed by atoms with van der Waals surface area (Å²) < 4.78 is 16.8. The van der Waals surface area contributed by atoms with E-state index in [1.54, 1.807) is 0 Å². The predicted molar refractivity (Wildman–Crippen MR) is 261 cm³/mol. The summed E-state index contributed by atoms with van der Waals surface area (Å²) in [5, 5.41) is 0. The lowest BCUT2D eigenvalue weighted by molar-refractivity contribution is -0.167. The third kappa shape index (κ3) is 47.7. The molecule has 2 atom stereocenters. The van der Waals surface area contributed by atoms with Gasteiger partial charge in [0, 0.05) is 19.3 Å². The first-order valence-corrected chi connectivity index (χ1v) is 27.3. The highest BCUT2D eigenvalue weighted by Crippen LogP contribution is 2.18. The SMILES string of the molecule is CCCCCCCCCCCCCC(=O)OC[C@H](COC(=O)CCCCCCCCCC(C)C)OC(=O)CCCCCCCCCCCCCCCCCCCCC(C)CC. The van der Waals surface area contributed by atoms with Crippen LogP contribution >= 0.6 is 0 Å². The second-order valence-corrected chi connectivity index (χ2v) is 19.6. The van der Waals surface area contributed by atoms with Crippen LogP contribution in [0.4, 0.5) is 0 Å². The average molecular weight is 863 g/mol. The fourth-order valence-electron chi connectivity index (χ4n) is 8.31. The summed E-state index contributed by atoms with van der Waals surface area (Å²) in [7, 11) is 0. The topological polar surface area (TPSA) is 78.9 Å². The van der Waals surface area contributed by atoms with E-state index in [-0.39, 0.29) is 31.1 Å². The minimum atomic E-state index is -0.761. The molecule has 6 nitrogen and oxygen atoms in total. The van der Waals surface area contributed by atoms with E-state index in [2.05, 4.69) is 34.6 Å². The van der Waals surface area contributed by atoms with Crippen molar-refractivity contribution in [2.45, 2.75) is 310 Å². The quantitative estimate of drug-likeness (QED) is 0.0344. The molecule has 362 valence electrons. The largest absolute Gasteiger partial charge is 0.462 e. The van der Waals surface area contributed by atoms with Crippen molar-refractivity contribution in [3.05, 3.63) is 0 Å². The number of esters is 3. The Morgan fingerprint density at radius 1 is 0.344 bits per heavy atom. The van der Waals surface area contributed by atoms with Crippen molar-refractivity contribution < 1.29 is 28.6 Å². The standard InChI is InChI=1S/C55H106O6/c1-6-8-9-10-11-12-21-25-30-35-40-45-53(56)59-48-52(49-60-54(57)46-41-36-32-27-28-33-38-43-50(3)4)61-55(58)47-42-37-31-26-23-20-18-16-14-13-15-17-19-22-24-29-34-39-44-51(5)7-2/h50-52H,6-49H2,1-5H3/t51?,52-/m1/s1. The third-order valence-corrected chi connectivity index (χ3v) is 12.8. The van der Waals surface area contributed by atoms with E-state index < -0.39 is 6.10 Å². The highest BCUT2D eigenvalue weighted by atomic mass is 16.6. The number of carbonyl (C=O) groups is 3. The second-order valence-electron chi connectivity index (χ2n) is 19.6. The summed E-state index contributed by atoms with van der Waals surface area (Å²) in [6.07, 6.45) is 49.6. The molecule has 61 heavy (non-hydrogen) atoms. The molecule has 6 heteroatoms. The lowest BCUT2D eigenvalue weighted by atomic mass is 9.99. The van der Waals surface area contributed by atoms with Gasteiger partial charge in [-0.05, 0) is 31.1 Å². The Morgan fingerprint density at radius 3 is 0.934 bits per heavy atom. The minimum Gasteiger partial charge on any atom is -0.462 e. The fraction of sp³-hybridized carbons (Fsp3) is 0.945. The molecular weight excluding hydrogens is 757 g/mol. The minimum absolute atomic E-state index is 0.0640. The summed E-state index contributed by atoms with van der Waals surface area (Å²) in [4.78, 5) is 37.9. The van der Waals surface area contributed by atoms with Crippen LogP contribution in [-0.4, -0.2) is 37.2 Å². The molecular formula is C55H106O6. The lowest BCUT2D eigenvalue weighted by Gasteiger charge is -2.18. The molecule has 0 rings (SSSR count). The van der Waals surface area contributed by atoms with Gasteiger partial charge in [0.1, 0.15) is 13.2 Å². The van der Waals surface area contributed by atoms with E-state index in [1.165, 1.54) is 193 Å². The van der Waals surface area contributed by atoms with Crippen LogP contribution in [0.25, 0.3) is 0 Å². The van der Waals surface area contributed by atoms with Crippen molar-refractivity contribution in [3.63, 3.8) is 0 Å². The maximum absolute atomic E-state index is 12.8. The average Bonchev–Trinajstić information content (AvgIpc) is 3.24. The summed E-state index contributed by atoms with van der Waals surface area (Å²) in [5.41, 5.74) is 0. The van der Waals surface area contributed by atoms with Crippen molar-refractivity contribution in [2.24, 2.45) is 11.8 Å². The molecule has 0 heterocycles. The zero-order valence-electron chi connectivity index (χ0n) is 41.8. The van der Waals surface area contributed by atoms with Crippen LogP contribution in [0, 0.1) is 11.8 Å². The predicted octanol–water partition coefficient (Wildman–Crippen LogP) is 17.7. The molecule has 0 fully saturated rings. The van der Waals surface area contributed by atoms with Gasteiger partial charge in [-0.25, -0.2) is 0 Å². The molecule has 0 radical (unpaired) electrons. The van der Waals surface area contributed by atoms with E-state index in [0.717, 1.165) is 69.6 Å². The number of rotatable bonds is 49. The van der Waals surface area contributed by atoms with Crippen molar-refractivity contribution >= 4 is 17.9 Å². The highest BCUT2D eigenvalue weighted by Gasteiger charge is 2.19. The van der Waals surface area contributed by atoms with E-state index in [1.807, 2.05) is 0 Å². The van der Waals surface area contributed by atoms with Crippen LogP contribution in [0.15, 0.2) is 0 Å². The molecule has 0 aliphatic carbocycles. The second kappa shape index (κ2) is 47.9. The van der Waals surface area contributed by atoms with E-state index in [0.29, 0.717) is 19.3 Å². The van der Waals surface area contributed by atoms with Gasteiger partial charge in [-0.3, -0.25) is 14.4 Å². The number of carbonyl (C=O) groups excluding carboxylic acids is 3. The molecule has 1 unspecified atom stereocenters. The maximum atomic E-state index is 12.8. The van der Waals surface area contributed by atoms with Crippen LogP contribution < -0.4 is 0 Å². The summed E-state index contributed by atoms with van der Waals surface area (Å²) in [6.45, 7) is 11.4. The molecule has 0 spiro atoms. The molecule has 0 N–H and O–H groups in total. The molecule has 0 aromatic heterocycles. The fourth-order valence-corrected chi connectivity index (χ4v) is 8.31. The Kier molecular flexibility index (Phi) is 46.6. The van der Waals surface area contributed by atoms with Crippen LogP contribution in [-0.2, 0) is 28.6 Å². The Bertz CT molecular complexity index is 933. The summed E-state index contributed by atoms with van der Waals surface area (Å²) in [5.74, 6) is 0.842. The molecule has 0 aromatic rings. The Labute approximate surface area is 380 Å². The van der Waals surface area contributed by atoms with E-state index in [4.69, 9.17) is 14.2 Å². The van der Waals surface area contributed by atoms with Crippen LogP contribution in [0.5, 0.6) is 0 Å². The molecule has 0 saturated heterocycles. The van der Waals surface area contributed by atoms with Gasteiger partial charge in [0.2, 0.25) is 0 Å². The molecule has 0 saturated carbocycles. The zero-order chi connectivity index (χ0) is 44.7. The van der Waals surface area contributed by atoms with Crippen molar-refractivity contribution in [3.8, 4) is 0 Å². The van der Waals surface area contributed by atoms with Gasteiger partial charge in [-0.1, -0.05) is 266 Å². The first-order chi connectivity index (χ1) is 29.8. The Hall–Kier alpha value is -1.59. The van der Waals surface area contributed by atoms with E-state index in [9.17, 15) is 14.4 Å². The van der Waals surface area contributed by atoms with Gasteiger partial charge >= 0.3 is 17.9 Å². The van der Waals surface area contributed by atoms with Crippen molar-refractivity contribution in [1.29, 1.82) is 0 Å². The molecule has 0 amide bonds. The normalized spacial score (nSPS) is 12.5. The zero-order valence-corrected chi connectivity index (χ0v) is 41.8. The number of unbranched alkanes of at least 4 members (excludes halogenated alkanes) is 33. The van der Waals surface area contributed by atoms with Crippen LogP contribution in [0.3, 0.4) is 0 Å². The smallest absolute Gasteiger partial charge is 0.306 e. The first-order valence-electron chi connectivity index (χ1n) is 27.3. The van der Waals surface area contributed by atoms with Crippen molar-refractivity contribution in [2.75, 3.05) is 13.2 Å². The third-order valence-electron chi connectivity index (χ3n) is 12.8. The monoisotopic (exact) mass is 863 g/mol. The van der Waals surface area contributed by atoms with Crippen molar-refractivity contribution in [1.82, 2.24) is 0 Å². The number of hydrogen-bond donors (Lipinski definition) is 0. The van der Waals surface area contributed by atoms with Gasteiger partial charge in [0.05, 0.1) is 0 Å². The number of ether oxygens (including phenoxy) is 3. The molecule has 0 aliphatic rings. The summed E-state index contributed by atoms with van der Waals surface area (Å²) in [6, 6.07) is 0. The van der Waals surface area contributed by atoms with Crippen LogP contribution in [0.1, 0.15) is 304 Å². The molecule has 0 bridgehead atoms. The van der Waals surface area contributed by atoms with Gasteiger partial charge in [0.25, 0.3) is 0 Å². The first kappa shape index (κ1) is 59.4.